The lowest BCUT2D eigenvalue weighted by molar-refractivity contribution is 0.0938. The Morgan fingerprint density at radius 2 is 1.75 bits per heavy atom. The van der Waals surface area contributed by atoms with E-state index in [1.807, 2.05) is 64.1 Å². The number of benzene rings is 1. The molecule has 1 heterocycles. The van der Waals surface area contributed by atoms with Crippen LogP contribution in [0, 0.1) is 20.8 Å². The van der Waals surface area contributed by atoms with E-state index in [-0.39, 0.29) is 11.9 Å². The van der Waals surface area contributed by atoms with Gasteiger partial charge in [-0.25, -0.2) is 0 Å². The second-order valence-corrected chi connectivity index (χ2v) is 5.13. The molecular formula is C17H20N2O. The summed E-state index contributed by atoms with van der Waals surface area (Å²) in [6.45, 7) is 7.78. The van der Waals surface area contributed by atoms with Crippen LogP contribution in [0.5, 0.6) is 0 Å². The molecule has 0 saturated heterocycles. The van der Waals surface area contributed by atoms with Gasteiger partial charge in [-0.05, 0) is 44.9 Å². The van der Waals surface area contributed by atoms with Gasteiger partial charge in [0.05, 0.1) is 17.3 Å². The second kappa shape index (κ2) is 5.87. The molecule has 2 aromatic rings. The number of hydrogen-bond acceptors (Lipinski definition) is 2. The summed E-state index contributed by atoms with van der Waals surface area (Å²) in [6.07, 6.45) is 0. The van der Waals surface area contributed by atoms with Gasteiger partial charge in [-0.2, -0.15) is 0 Å². The molecule has 20 heavy (non-hydrogen) atoms. The van der Waals surface area contributed by atoms with Gasteiger partial charge in [-0.15, -0.1) is 0 Å². The van der Waals surface area contributed by atoms with E-state index in [4.69, 9.17) is 0 Å². The van der Waals surface area contributed by atoms with Crippen molar-refractivity contribution in [1.82, 2.24) is 10.3 Å². The third-order valence-electron chi connectivity index (χ3n) is 3.55. The number of nitrogens with zero attached hydrogens (tertiary/aromatic N) is 1. The van der Waals surface area contributed by atoms with Gasteiger partial charge in [-0.1, -0.05) is 30.3 Å². The summed E-state index contributed by atoms with van der Waals surface area (Å²) in [7, 11) is 0. The molecule has 1 aromatic heterocycles. The van der Waals surface area contributed by atoms with Crippen LogP contribution >= 0.6 is 0 Å². The standard InChI is InChI=1S/C17H20N2O/c1-11-10-16(14(4)18-12(11)2)17(20)19-13(3)15-8-6-5-7-9-15/h5-10,13H,1-4H3,(H,19,20). The lowest BCUT2D eigenvalue weighted by atomic mass is 10.1. The maximum atomic E-state index is 12.4. The van der Waals surface area contributed by atoms with Crippen molar-refractivity contribution in [3.05, 3.63) is 64.5 Å². The van der Waals surface area contributed by atoms with Crippen LogP contribution in [-0.2, 0) is 0 Å². The SMILES string of the molecule is Cc1cc(C(=O)NC(C)c2ccccc2)c(C)nc1C. The van der Waals surface area contributed by atoms with E-state index in [0.717, 1.165) is 22.5 Å². The second-order valence-electron chi connectivity index (χ2n) is 5.13. The van der Waals surface area contributed by atoms with E-state index < -0.39 is 0 Å². The maximum absolute atomic E-state index is 12.4. The summed E-state index contributed by atoms with van der Waals surface area (Å²) >= 11 is 0. The molecule has 0 spiro atoms. The molecule has 1 N–H and O–H groups in total. The lowest BCUT2D eigenvalue weighted by Crippen LogP contribution is -2.27. The maximum Gasteiger partial charge on any atom is 0.253 e. The first-order valence-corrected chi connectivity index (χ1v) is 6.79. The Morgan fingerprint density at radius 3 is 2.40 bits per heavy atom. The average Bonchev–Trinajstić information content (AvgIpc) is 2.43. The normalized spacial score (nSPS) is 12.0. The zero-order chi connectivity index (χ0) is 14.7. The van der Waals surface area contributed by atoms with Crippen LogP contribution in [-0.4, -0.2) is 10.9 Å². The summed E-state index contributed by atoms with van der Waals surface area (Å²) in [5.74, 6) is -0.0746. The molecule has 1 amide bonds. The number of aryl methyl sites for hydroxylation is 3. The molecule has 0 aliphatic heterocycles. The van der Waals surface area contributed by atoms with Gasteiger partial charge in [0.2, 0.25) is 0 Å². The van der Waals surface area contributed by atoms with Gasteiger partial charge in [0.25, 0.3) is 5.91 Å². The minimum absolute atomic E-state index is 0.0234. The fourth-order valence-corrected chi connectivity index (χ4v) is 2.15. The monoisotopic (exact) mass is 268 g/mol. The molecular weight excluding hydrogens is 248 g/mol. The number of carbonyl (C=O) groups is 1. The summed E-state index contributed by atoms with van der Waals surface area (Å²) < 4.78 is 0. The van der Waals surface area contributed by atoms with Gasteiger partial charge in [0, 0.05) is 5.69 Å². The molecule has 0 aliphatic carbocycles. The Balaban J connectivity index is 2.19. The van der Waals surface area contributed by atoms with Crippen molar-refractivity contribution in [2.75, 3.05) is 0 Å². The van der Waals surface area contributed by atoms with Crippen molar-refractivity contribution in [1.29, 1.82) is 0 Å². The first-order chi connectivity index (χ1) is 9.49. The molecule has 3 heteroatoms. The molecule has 1 aromatic carbocycles. The van der Waals surface area contributed by atoms with Crippen molar-refractivity contribution in [3.63, 3.8) is 0 Å². The van der Waals surface area contributed by atoms with E-state index in [2.05, 4.69) is 10.3 Å². The lowest BCUT2D eigenvalue weighted by Gasteiger charge is -2.15. The van der Waals surface area contributed by atoms with Crippen molar-refractivity contribution < 1.29 is 4.79 Å². The minimum Gasteiger partial charge on any atom is -0.345 e. The number of rotatable bonds is 3. The third kappa shape index (κ3) is 3.05. The average molecular weight is 268 g/mol. The van der Waals surface area contributed by atoms with Crippen LogP contribution in [0.25, 0.3) is 0 Å². The van der Waals surface area contributed by atoms with E-state index in [1.54, 1.807) is 0 Å². The first-order valence-electron chi connectivity index (χ1n) is 6.79. The van der Waals surface area contributed by atoms with Gasteiger partial charge < -0.3 is 5.32 Å². The zero-order valence-electron chi connectivity index (χ0n) is 12.4. The number of pyridine rings is 1. The summed E-state index contributed by atoms with van der Waals surface area (Å²) in [5.41, 5.74) is 4.51. The topological polar surface area (TPSA) is 42.0 Å². The number of amides is 1. The summed E-state index contributed by atoms with van der Waals surface area (Å²) in [6, 6.07) is 11.8. The summed E-state index contributed by atoms with van der Waals surface area (Å²) in [5, 5.41) is 3.02. The highest BCUT2D eigenvalue weighted by Crippen LogP contribution is 2.15. The van der Waals surface area contributed by atoms with Crippen LogP contribution in [0.2, 0.25) is 0 Å². The Morgan fingerprint density at radius 1 is 1.10 bits per heavy atom. The minimum atomic E-state index is -0.0746. The molecule has 0 radical (unpaired) electrons. The fourth-order valence-electron chi connectivity index (χ4n) is 2.15. The highest BCUT2D eigenvalue weighted by atomic mass is 16.1. The molecule has 1 atom stereocenters. The van der Waals surface area contributed by atoms with E-state index in [1.165, 1.54) is 0 Å². The van der Waals surface area contributed by atoms with Crippen LogP contribution in [0.4, 0.5) is 0 Å². The molecule has 104 valence electrons. The molecule has 3 nitrogen and oxygen atoms in total. The van der Waals surface area contributed by atoms with Crippen LogP contribution in [0.1, 0.15) is 45.8 Å². The molecule has 1 unspecified atom stereocenters. The van der Waals surface area contributed by atoms with Gasteiger partial charge in [0.15, 0.2) is 0 Å². The predicted octanol–water partition coefficient (Wildman–Crippen LogP) is 3.50. The quantitative estimate of drug-likeness (QED) is 0.925. The highest BCUT2D eigenvalue weighted by molar-refractivity contribution is 5.95. The van der Waals surface area contributed by atoms with Crippen LogP contribution in [0.15, 0.2) is 36.4 Å². The van der Waals surface area contributed by atoms with Crippen molar-refractivity contribution in [2.45, 2.75) is 33.7 Å². The molecule has 0 saturated carbocycles. The third-order valence-corrected chi connectivity index (χ3v) is 3.55. The fraction of sp³-hybridized carbons (Fsp3) is 0.294. The number of hydrogen-bond donors (Lipinski definition) is 1. The number of carbonyl (C=O) groups excluding carboxylic acids is 1. The Kier molecular flexibility index (Phi) is 4.18. The highest BCUT2D eigenvalue weighted by Gasteiger charge is 2.15. The van der Waals surface area contributed by atoms with Crippen molar-refractivity contribution >= 4 is 5.91 Å². The molecule has 0 fully saturated rings. The summed E-state index contributed by atoms with van der Waals surface area (Å²) in [4.78, 5) is 16.8. The van der Waals surface area contributed by atoms with E-state index in [9.17, 15) is 4.79 Å². The van der Waals surface area contributed by atoms with Crippen LogP contribution in [0.3, 0.4) is 0 Å². The first kappa shape index (κ1) is 14.3. The zero-order valence-corrected chi connectivity index (χ0v) is 12.4. The number of nitrogens with one attached hydrogen (secondary N) is 1. The number of aromatic nitrogens is 1. The van der Waals surface area contributed by atoms with Crippen LogP contribution < -0.4 is 5.32 Å². The Hall–Kier alpha value is -2.16. The molecule has 0 bridgehead atoms. The van der Waals surface area contributed by atoms with Gasteiger partial charge >= 0.3 is 0 Å². The molecule has 0 aliphatic rings. The largest absolute Gasteiger partial charge is 0.345 e. The molecule has 2 rings (SSSR count). The predicted molar refractivity (Wildman–Crippen MR) is 80.8 cm³/mol. The van der Waals surface area contributed by atoms with E-state index in [0.29, 0.717) is 5.56 Å². The van der Waals surface area contributed by atoms with Crippen molar-refractivity contribution in [2.24, 2.45) is 0 Å². The smallest absolute Gasteiger partial charge is 0.253 e. The Bertz CT molecular complexity index is 620. The van der Waals surface area contributed by atoms with E-state index >= 15 is 0 Å². The van der Waals surface area contributed by atoms with Crippen molar-refractivity contribution in [3.8, 4) is 0 Å². The van der Waals surface area contributed by atoms with Gasteiger partial charge in [-0.3, -0.25) is 9.78 Å². The van der Waals surface area contributed by atoms with Gasteiger partial charge in [0.1, 0.15) is 0 Å². The Labute approximate surface area is 120 Å².